The van der Waals surface area contributed by atoms with Crippen LogP contribution in [0.3, 0.4) is 0 Å². The molecule has 7 heteroatoms. The van der Waals surface area contributed by atoms with Crippen LogP contribution in [0.4, 0.5) is 5.69 Å². The number of carbonyl (C=O) groups is 1. The van der Waals surface area contributed by atoms with Crippen molar-refractivity contribution in [2.24, 2.45) is 0 Å². The Morgan fingerprint density at radius 3 is 2.36 bits per heavy atom. The molecule has 1 amide bonds. The molecule has 22 heavy (non-hydrogen) atoms. The molecule has 6 nitrogen and oxygen atoms in total. The fourth-order valence-corrected chi connectivity index (χ4v) is 2.72. The predicted molar refractivity (Wildman–Crippen MR) is 87.7 cm³/mol. The minimum atomic E-state index is -3.54. The van der Waals surface area contributed by atoms with Crippen molar-refractivity contribution >= 4 is 21.6 Å². The van der Waals surface area contributed by atoms with Crippen LogP contribution >= 0.6 is 0 Å². The number of anilines is 1. The van der Waals surface area contributed by atoms with Crippen molar-refractivity contribution in [3.05, 3.63) is 24.3 Å². The van der Waals surface area contributed by atoms with Crippen LogP contribution in [0.5, 0.6) is 5.75 Å². The van der Waals surface area contributed by atoms with Gasteiger partial charge in [0.05, 0.1) is 18.6 Å². The Balaban J connectivity index is 2.83. The molecule has 0 saturated heterocycles. The minimum absolute atomic E-state index is 0.226. The molecule has 0 saturated carbocycles. The number of carbonyl (C=O) groups excluding carboxylic acids is 1. The fraction of sp³-hybridized carbons (Fsp3) is 0.533. The number of nitrogens with zero attached hydrogens (tertiary/aromatic N) is 1. The first-order chi connectivity index (χ1) is 10.4. The molecule has 1 N–H and O–H groups in total. The third-order valence-corrected chi connectivity index (χ3v) is 4.12. The van der Waals surface area contributed by atoms with E-state index in [4.69, 9.17) is 4.74 Å². The van der Waals surface area contributed by atoms with Gasteiger partial charge in [0.2, 0.25) is 15.9 Å². The number of unbranched alkanes of at least 4 members (excludes halogenated alkanes) is 1. The van der Waals surface area contributed by atoms with Crippen molar-refractivity contribution in [3.63, 3.8) is 0 Å². The number of ether oxygens (including phenoxy) is 1. The van der Waals surface area contributed by atoms with E-state index in [0.29, 0.717) is 24.6 Å². The second-order valence-electron chi connectivity index (χ2n) is 4.90. The number of hydrogen-bond acceptors (Lipinski definition) is 4. The van der Waals surface area contributed by atoms with Crippen LogP contribution < -0.4 is 14.4 Å². The normalized spacial score (nSPS) is 11.0. The molecule has 0 heterocycles. The van der Waals surface area contributed by atoms with Gasteiger partial charge in [0.1, 0.15) is 12.3 Å². The summed E-state index contributed by atoms with van der Waals surface area (Å²) in [7, 11) is -3.54. The van der Waals surface area contributed by atoms with Gasteiger partial charge >= 0.3 is 0 Å². The SMILES string of the molecule is CCCCNC(=O)CN(c1ccc(OCC)cc1)S(C)(=O)=O. The largest absolute Gasteiger partial charge is 0.494 e. The van der Waals surface area contributed by atoms with Gasteiger partial charge < -0.3 is 10.1 Å². The summed E-state index contributed by atoms with van der Waals surface area (Å²) in [6, 6.07) is 6.63. The van der Waals surface area contributed by atoms with Gasteiger partial charge in [0, 0.05) is 6.54 Å². The average Bonchev–Trinajstić information content (AvgIpc) is 2.45. The Morgan fingerprint density at radius 1 is 1.23 bits per heavy atom. The number of hydrogen-bond donors (Lipinski definition) is 1. The molecule has 0 fully saturated rings. The van der Waals surface area contributed by atoms with E-state index in [1.807, 2.05) is 13.8 Å². The zero-order valence-corrected chi connectivity index (χ0v) is 14.1. The highest BCUT2D eigenvalue weighted by atomic mass is 32.2. The summed E-state index contributed by atoms with van der Waals surface area (Å²) in [6.07, 6.45) is 2.92. The lowest BCUT2D eigenvalue weighted by Gasteiger charge is -2.22. The van der Waals surface area contributed by atoms with Gasteiger partial charge in [-0.25, -0.2) is 8.42 Å². The molecular formula is C15H24N2O4S. The second-order valence-corrected chi connectivity index (χ2v) is 6.81. The molecule has 0 aromatic heterocycles. The van der Waals surface area contributed by atoms with Crippen molar-refractivity contribution in [2.75, 3.05) is 30.3 Å². The molecule has 1 aromatic rings. The van der Waals surface area contributed by atoms with E-state index in [1.165, 1.54) is 0 Å². The van der Waals surface area contributed by atoms with Gasteiger partial charge in [-0.15, -0.1) is 0 Å². The molecule has 0 aliphatic heterocycles. The lowest BCUT2D eigenvalue weighted by atomic mass is 10.3. The third-order valence-electron chi connectivity index (χ3n) is 2.98. The van der Waals surface area contributed by atoms with E-state index < -0.39 is 10.0 Å². The van der Waals surface area contributed by atoms with Crippen molar-refractivity contribution in [3.8, 4) is 5.75 Å². The molecule has 1 aromatic carbocycles. The standard InChI is InChI=1S/C15H24N2O4S/c1-4-6-11-16-15(18)12-17(22(3,19)20)13-7-9-14(10-8-13)21-5-2/h7-10H,4-6,11-12H2,1-3H3,(H,16,18). The molecule has 1 rings (SSSR count). The highest BCUT2D eigenvalue weighted by Gasteiger charge is 2.20. The Labute approximate surface area is 132 Å². The van der Waals surface area contributed by atoms with E-state index in [1.54, 1.807) is 24.3 Å². The maximum Gasteiger partial charge on any atom is 0.240 e. The monoisotopic (exact) mass is 328 g/mol. The quantitative estimate of drug-likeness (QED) is 0.701. The number of amides is 1. The van der Waals surface area contributed by atoms with E-state index >= 15 is 0 Å². The van der Waals surface area contributed by atoms with E-state index in [2.05, 4.69) is 5.32 Å². The molecule has 0 spiro atoms. The van der Waals surface area contributed by atoms with Gasteiger partial charge in [-0.3, -0.25) is 9.10 Å². The Morgan fingerprint density at radius 2 is 1.86 bits per heavy atom. The number of sulfonamides is 1. The number of rotatable bonds is 9. The average molecular weight is 328 g/mol. The zero-order valence-electron chi connectivity index (χ0n) is 13.3. The maximum atomic E-state index is 11.9. The molecule has 0 radical (unpaired) electrons. The first-order valence-electron chi connectivity index (χ1n) is 7.35. The maximum absolute atomic E-state index is 11.9. The zero-order chi connectivity index (χ0) is 16.6. The highest BCUT2D eigenvalue weighted by Crippen LogP contribution is 2.21. The molecule has 0 aliphatic carbocycles. The van der Waals surface area contributed by atoms with Gasteiger partial charge in [0.25, 0.3) is 0 Å². The van der Waals surface area contributed by atoms with Crippen LogP contribution in [-0.4, -0.2) is 40.3 Å². The van der Waals surface area contributed by atoms with Crippen molar-refractivity contribution in [1.29, 1.82) is 0 Å². The minimum Gasteiger partial charge on any atom is -0.494 e. The lowest BCUT2D eigenvalue weighted by Crippen LogP contribution is -2.40. The van der Waals surface area contributed by atoms with E-state index in [9.17, 15) is 13.2 Å². The van der Waals surface area contributed by atoms with Crippen molar-refractivity contribution in [2.45, 2.75) is 26.7 Å². The molecule has 0 aliphatic rings. The second kappa shape index (κ2) is 8.63. The fourth-order valence-electron chi connectivity index (χ4n) is 1.87. The van der Waals surface area contributed by atoms with Crippen LogP contribution in [0.2, 0.25) is 0 Å². The van der Waals surface area contributed by atoms with E-state index in [-0.39, 0.29) is 12.5 Å². The molecule has 124 valence electrons. The summed E-state index contributed by atoms with van der Waals surface area (Å²) in [4.78, 5) is 11.9. The van der Waals surface area contributed by atoms with Crippen LogP contribution in [-0.2, 0) is 14.8 Å². The number of benzene rings is 1. The van der Waals surface area contributed by atoms with Gasteiger partial charge in [-0.05, 0) is 37.6 Å². The summed E-state index contributed by atoms with van der Waals surface area (Å²) in [5.41, 5.74) is 0.441. The van der Waals surface area contributed by atoms with Gasteiger partial charge in [0.15, 0.2) is 0 Å². The predicted octanol–water partition coefficient (Wildman–Crippen LogP) is 1.77. The van der Waals surface area contributed by atoms with Crippen LogP contribution in [0.15, 0.2) is 24.3 Å². The summed E-state index contributed by atoms with van der Waals surface area (Å²) in [5, 5.41) is 2.72. The topological polar surface area (TPSA) is 75.7 Å². The van der Waals surface area contributed by atoms with Gasteiger partial charge in [-0.2, -0.15) is 0 Å². The molecule has 0 atom stereocenters. The smallest absolute Gasteiger partial charge is 0.240 e. The Bertz CT molecular complexity index is 570. The van der Waals surface area contributed by atoms with Crippen LogP contribution in [0.1, 0.15) is 26.7 Å². The molecule has 0 unspecified atom stereocenters. The summed E-state index contributed by atoms with van der Waals surface area (Å²) in [6.45, 7) is 4.76. The number of nitrogens with one attached hydrogen (secondary N) is 1. The van der Waals surface area contributed by atoms with Gasteiger partial charge in [-0.1, -0.05) is 13.3 Å². The first-order valence-corrected chi connectivity index (χ1v) is 9.20. The highest BCUT2D eigenvalue weighted by molar-refractivity contribution is 7.92. The van der Waals surface area contributed by atoms with Crippen LogP contribution in [0, 0.1) is 0 Å². The summed E-state index contributed by atoms with van der Waals surface area (Å²) < 4.78 is 30.3. The lowest BCUT2D eigenvalue weighted by molar-refractivity contribution is -0.119. The van der Waals surface area contributed by atoms with E-state index in [0.717, 1.165) is 23.4 Å². The van der Waals surface area contributed by atoms with Crippen LogP contribution in [0.25, 0.3) is 0 Å². The molecular weight excluding hydrogens is 304 g/mol. The summed E-state index contributed by atoms with van der Waals surface area (Å²) in [5.74, 6) is 0.347. The third kappa shape index (κ3) is 5.93. The Hall–Kier alpha value is -1.76. The summed E-state index contributed by atoms with van der Waals surface area (Å²) >= 11 is 0. The first kappa shape index (κ1) is 18.3. The van der Waals surface area contributed by atoms with Crippen molar-refractivity contribution < 1.29 is 17.9 Å². The Kier molecular flexibility index (Phi) is 7.17. The molecule has 0 bridgehead atoms. The van der Waals surface area contributed by atoms with Crippen molar-refractivity contribution in [1.82, 2.24) is 5.32 Å².